The fraction of sp³-hybridized carbons (Fsp3) is 0.643. The van der Waals surface area contributed by atoms with Crippen LogP contribution in [0, 0.1) is 6.92 Å². The van der Waals surface area contributed by atoms with Crippen LogP contribution in [0.5, 0.6) is 0 Å². The molecule has 7 heteroatoms. The van der Waals surface area contributed by atoms with E-state index < -0.39 is 5.60 Å². The number of aliphatic hydroxyl groups is 1. The lowest BCUT2D eigenvalue weighted by molar-refractivity contribution is 0.0613. The van der Waals surface area contributed by atoms with Gasteiger partial charge in [-0.2, -0.15) is 0 Å². The SMILES string of the molecule is CC.Cc1nc2c3c(n1)n(CC(C)(C)O)c(=O)n3CCN2. The maximum absolute atomic E-state index is 12.4. The zero-order valence-corrected chi connectivity index (χ0v) is 13.3. The van der Waals surface area contributed by atoms with Gasteiger partial charge in [-0.3, -0.25) is 9.13 Å². The predicted molar refractivity (Wildman–Crippen MR) is 82.7 cm³/mol. The minimum absolute atomic E-state index is 0.139. The first kappa shape index (κ1) is 15.5. The Labute approximate surface area is 123 Å². The molecule has 0 bridgehead atoms. The Balaban J connectivity index is 0.000000774. The van der Waals surface area contributed by atoms with E-state index in [1.807, 2.05) is 13.8 Å². The second-order valence-electron chi connectivity index (χ2n) is 5.55. The van der Waals surface area contributed by atoms with Crippen molar-refractivity contribution in [2.45, 2.75) is 53.3 Å². The molecule has 0 radical (unpaired) electrons. The number of imidazole rings is 1. The van der Waals surface area contributed by atoms with Gasteiger partial charge in [0.2, 0.25) is 0 Å². The molecule has 3 heterocycles. The average molecular weight is 293 g/mol. The van der Waals surface area contributed by atoms with E-state index in [9.17, 15) is 9.90 Å². The summed E-state index contributed by atoms with van der Waals surface area (Å²) in [5.74, 6) is 1.30. The summed E-state index contributed by atoms with van der Waals surface area (Å²) in [6.45, 7) is 10.6. The molecular formula is C14H23N5O2. The normalized spacial score (nSPS) is 13.6. The molecule has 0 saturated carbocycles. The van der Waals surface area contributed by atoms with Crippen LogP contribution >= 0.6 is 0 Å². The van der Waals surface area contributed by atoms with Gasteiger partial charge in [0, 0.05) is 13.1 Å². The molecule has 2 N–H and O–H groups in total. The first-order chi connectivity index (χ1) is 9.87. The van der Waals surface area contributed by atoms with Crippen LogP contribution in [0.2, 0.25) is 0 Å². The third-order valence-corrected chi connectivity index (χ3v) is 3.14. The minimum atomic E-state index is -0.969. The van der Waals surface area contributed by atoms with E-state index in [-0.39, 0.29) is 12.2 Å². The van der Waals surface area contributed by atoms with Gasteiger partial charge in [0.15, 0.2) is 11.5 Å². The third-order valence-electron chi connectivity index (χ3n) is 3.14. The Kier molecular flexibility index (Phi) is 4.04. The summed E-state index contributed by atoms with van der Waals surface area (Å²) in [5.41, 5.74) is 0.205. The van der Waals surface area contributed by atoms with Gasteiger partial charge in [-0.1, -0.05) is 13.8 Å². The average Bonchev–Trinajstić information content (AvgIpc) is 2.67. The lowest BCUT2D eigenvalue weighted by atomic mass is 10.1. The van der Waals surface area contributed by atoms with E-state index in [4.69, 9.17) is 0 Å². The summed E-state index contributed by atoms with van der Waals surface area (Å²) >= 11 is 0. The second kappa shape index (κ2) is 5.48. The molecule has 1 aliphatic heterocycles. The Bertz CT molecular complexity index is 709. The molecule has 0 spiro atoms. The lowest BCUT2D eigenvalue weighted by Crippen LogP contribution is -2.34. The fourth-order valence-electron chi connectivity index (χ4n) is 2.47. The van der Waals surface area contributed by atoms with Crippen molar-refractivity contribution in [2.75, 3.05) is 11.9 Å². The number of aryl methyl sites for hydroxylation is 1. The minimum Gasteiger partial charge on any atom is -0.389 e. The van der Waals surface area contributed by atoms with E-state index in [1.54, 1.807) is 25.3 Å². The zero-order valence-electron chi connectivity index (χ0n) is 13.3. The summed E-state index contributed by atoms with van der Waals surface area (Å²) in [4.78, 5) is 21.1. The molecule has 7 nitrogen and oxygen atoms in total. The first-order valence-corrected chi connectivity index (χ1v) is 7.31. The molecule has 0 unspecified atom stereocenters. The fourth-order valence-corrected chi connectivity index (χ4v) is 2.47. The van der Waals surface area contributed by atoms with Gasteiger partial charge in [0.25, 0.3) is 0 Å². The number of hydrogen-bond acceptors (Lipinski definition) is 5. The summed E-state index contributed by atoms with van der Waals surface area (Å²) < 4.78 is 3.20. The van der Waals surface area contributed by atoms with Crippen molar-refractivity contribution in [2.24, 2.45) is 0 Å². The van der Waals surface area contributed by atoms with Gasteiger partial charge < -0.3 is 10.4 Å². The van der Waals surface area contributed by atoms with Gasteiger partial charge in [-0.15, -0.1) is 0 Å². The number of nitrogens with zero attached hydrogens (tertiary/aromatic N) is 4. The van der Waals surface area contributed by atoms with E-state index >= 15 is 0 Å². The molecule has 2 aromatic rings. The highest BCUT2D eigenvalue weighted by atomic mass is 16.3. The van der Waals surface area contributed by atoms with Gasteiger partial charge in [-0.25, -0.2) is 14.8 Å². The van der Waals surface area contributed by atoms with Crippen LogP contribution in [0.4, 0.5) is 5.82 Å². The maximum Gasteiger partial charge on any atom is 0.330 e. The van der Waals surface area contributed by atoms with Crippen LogP contribution in [0.3, 0.4) is 0 Å². The monoisotopic (exact) mass is 293 g/mol. The van der Waals surface area contributed by atoms with Gasteiger partial charge in [0.1, 0.15) is 11.3 Å². The zero-order chi connectivity index (χ0) is 15.8. The molecule has 0 aliphatic carbocycles. The summed E-state index contributed by atoms with van der Waals surface area (Å²) in [6.07, 6.45) is 0. The van der Waals surface area contributed by atoms with Gasteiger partial charge in [-0.05, 0) is 20.8 Å². The summed E-state index contributed by atoms with van der Waals surface area (Å²) in [7, 11) is 0. The topological polar surface area (TPSA) is 85.0 Å². The molecule has 0 atom stereocenters. The van der Waals surface area contributed by atoms with E-state index in [0.717, 1.165) is 5.52 Å². The molecule has 0 saturated heterocycles. The molecule has 1 aliphatic rings. The number of hydrogen-bond donors (Lipinski definition) is 2. The number of aromatic nitrogens is 4. The molecule has 3 rings (SSSR count). The standard InChI is InChI=1S/C12H17N5O2.C2H6/c1-7-14-9-8-10(15-7)17(6-12(2,3)19)11(18)16(8)5-4-13-9;1-2/h19H,4-6H2,1-3H3,(H,13,14,15);1-2H3. The number of anilines is 1. The highest BCUT2D eigenvalue weighted by molar-refractivity contribution is 5.84. The summed E-state index contributed by atoms with van der Waals surface area (Å²) in [6, 6.07) is 0. The Morgan fingerprint density at radius 1 is 1.33 bits per heavy atom. The number of nitrogens with one attached hydrogen (secondary N) is 1. The van der Waals surface area contributed by atoms with Crippen molar-refractivity contribution in [3.05, 3.63) is 16.3 Å². The van der Waals surface area contributed by atoms with Crippen LogP contribution in [-0.4, -0.2) is 36.4 Å². The van der Waals surface area contributed by atoms with Gasteiger partial charge >= 0.3 is 5.69 Å². The predicted octanol–water partition coefficient (Wildman–Crippen LogP) is 1.12. The quantitative estimate of drug-likeness (QED) is 0.867. The van der Waals surface area contributed by atoms with Crippen LogP contribution in [0.25, 0.3) is 11.2 Å². The molecule has 2 aromatic heterocycles. The van der Waals surface area contributed by atoms with Crippen molar-refractivity contribution < 1.29 is 5.11 Å². The van der Waals surface area contributed by atoms with Crippen LogP contribution < -0.4 is 11.0 Å². The van der Waals surface area contributed by atoms with Crippen molar-refractivity contribution in [1.29, 1.82) is 0 Å². The van der Waals surface area contributed by atoms with Crippen molar-refractivity contribution in [3.63, 3.8) is 0 Å². The van der Waals surface area contributed by atoms with E-state index in [1.165, 1.54) is 4.57 Å². The van der Waals surface area contributed by atoms with Crippen molar-refractivity contribution in [3.8, 4) is 0 Å². The molecule has 21 heavy (non-hydrogen) atoms. The first-order valence-electron chi connectivity index (χ1n) is 7.31. The molecule has 0 aromatic carbocycles. The Morgan fingerprint density at radius 3 is 2.62 bits per heavy atom. The maximum atomic E-state index is 12.4. The molecular weight excluding hydrogens is 270 g/mol. The van der Waals surface area contributed by atoms with Gasteiger partial charge in [0.05, 0.1) is 12.1 Å². The second-order valence-corrected chi connectivity index (χ2v) is 5.55. The smallest absolute Gasteiger partial charge is 0.330 e. The van der Waals surface area contributed by atoms with Crippen LogP contribution in [-0.2, 0) is 13.1 Å². The van der Waals surface area contributed by atoms with Crippen LogP contribution in [0.15, 0.2) is 4.79 Å². The van der Waals surface area contributed by atoms with Crippen molar-refractivity contribution in [1.82, 2.24) is 19.1 Å². The summed E-state index contributed by atoms with van der Waals surface area (Å²) in [5, 5.41) is 13.1. The Hall–Kier alpha value is -1.89. The molecule has 0 fully saturated rings. The molecule has 116 valence electrons. The van der Waals surface area contributed by atoms with Crippen LogP contribution in [0.1, 0.15) is 33.5 Å². The van der Waals surface area contributed by atoms with E-state index in [2.05, 4.69) is 15.3 Å². The highest BCUT2D eigenvalue weighted by Gasteiger charge is 2.25. The lowest BCUT2D eigenvalue weighted by Gasteiger charge is -2.17. The van der Waals surface area contributed by atoms with E-state index in [0.29, 0.717) is 30.4 Å². The largest absolute Gasteiger partial charge is 0.389 e. The van der Waals surface area contributed by atoms with Crippen molar-refractivity contribution >= 4 is 17.0 Å². The molecule has 0 amide bonds. The Morgan fingerprint density at radius 2 is 2.00 bits per heavy atom. The highest BCUT2D eigenvalue weighted by Crippen LogP contribution is 2.23. The third kappa shape index (κ3) is 2.78. The number of rotatable bonds is 2.